The zero-order chi connectivity index (χ0) is 21.0. The van der Waals surface area contributed by atoms with Gasteiger partial charge in [0.1, 0.15) is 5.75 Å². The fourth-order valence-electron chi connectivity index (χ4n) is 3.18. The Kier molecular flexibility index (Phi) is 6.77. The molecule has 1 aliphatic rings. The third-order valence-corrected chi connectivity index (χ3v) is 5.32. The van der Waals surface area contributed by atoms with Crippen LogP contribution in [0.15, 0.2) is 42.5 Å². The van der Waals surface area contributed by atoms with Gasteiger partial charge in [-0.2, -0.15) is 0 Å². The Bertz CT molecular complexity index is 948. The van der Waals surface area contributed by atoms with Gasteiger partial charge in [0.05, 0.1) is 10.0 Å². The second-order valence-electron chi connectivity index (χ2n) is 6.69. The molecule has 1 saturated heterocycles. The van der Waals surface area contributed by atoms with Crippen LogP contribution in [0.4, 0.5) is 0 Å². The van der Waals surface area contributed by atoms with E-state index in [4.69, 9.17) is 27.9 Å². The highest BCUT2D eigenvalue weighted by molar-refractivity contribution is 6.42. The Morgan fingerprint density at radius 3 is 2.03 bits per heavy atom. The number of benzene rings is 2. The number of hydrogen-bond donors (Lipinski definition) is 0. The lowest BCUT2D eigenvalue weighted by atomic mass is 10.2. The second-order valence-corrected chi connectivity index (χ2v) is 7.50. The molecule has 2 aromatic rings. The van der Waals surface area contributed by atoms with Gasteiger partial charge in [-0.05, 0) is 42.8 Å². The van der Waals surface area contributed by atoms with Gasteiger partial charge in [-0.1, -0.05) is 29.3 Å². The van der Waals surface area contributed by atoms with Crippen molar-refractivity contribution in [3.63, 3.8) is 0 Å². The number of carbonyl (C=O) groups excluding carboxylic acids is 3. The summed E-state index contributed by atoms with van der Waals surface area (Å²) >= 11 is 11.9. The van der Waals surface area contributed by atoms with Gasteiger partial charge >= 0.3 is 5.97 Å². The van der Waals surface area contributed by atoms with E-state index in [1.165, 1.54) is 6.92 Å². The number of nitrogens with zero attached hydrogens (tertiary/aromatic N) is 2. The molecule has 0 N–H and O–H groups in total. The van der Waals surface area contributed by atoms with Crippen molar-refractivity contribution >= 4 is 41.0 Å². The maximum atomic E-state index is 12.9. The van der Waals surface area contributed by atoms with Crippen LogP contribution in [0, 0.1) is 0 Å². The average molecular weight is 435 g/mol. The molecule has 0 bridgehead atoms. The average Bonchev–Trinajstić information content (AvgIpc) is 2.95. The lowest BCUT2D eigenvalue weighted by Gasteiger charge is -2.22. The third-order valence-electron chi connectivity index (χ3n) is 4.58. The SMILES string of the molecule is CC(=O)Oc1cccc(C(=O)N2CCCN(C(=O)c3ccc(Cl)c(Cl)c3)CC2)c1. The zero-order valence-electron chi connectivity index (χ0n) is 15.9. The highest BCUT2D eigenvalue weighted by atomic mass is 35.5. The smallest absolute Gasteiger partial charge is 0.308 e. The molecule has 29 heavy (non-hydrogen) atoms. The minimum Gasteiger partial charge on any atom is -0.427 e. The van der Waals surface area contributed by atoms with Crippen molar-refractivity contribution in [1.29, 1.82) is 0 Å². The zero-order valence-corrected chi connectivity index (χ0v) is 17.4. The maximum absolute atomic E-state index is 12.9. The normalized spacial score (nSPS) is 14.3. The fourth-order valence-corrected chi connectivity index (χ4v) is 3.47. The van der Waals surface area contributed by atoms with E-state index in [0.717, 1.165) is 0 Å². The van der Waals surface area contributed by atoms with Gasteiger partial charge in [0.2, 0.25) is 0 Å². The first-order valence-corrected chi connectivity index (χ1v) is 9.93. The van der Waals surface area contributed by atoms with Gasteiger partial charge in [-0.25, -0.2) is 0 Å². The standard InChI is InChI=1S/C21H20Cl2N2O4/c1-14(26)29-17-5-2-4-15(12-17)20(27)24-8-3-9-25(11-10-24)21(28)16-6-7-18(22)19(23)13-16/h2,4-7,12-13H,3,8-11H2,1H3. The molecule has 0 atom stereocenters. The summed E-state index contributed by atoms with van der Waals surface area (Å²) in [5, 5.41) is 0.726. The van der Waals surface area contributed by atoms with Gasteiger partial charge in [0.15, 0.2) is 0 Å². The highest BCUT2D eigenvalue weighted by Gasteiger charge is 2.24. The van der Waals surface area contributed by atoms with E-state index < -0.39 is 5.97 Å². The Morgan fingerprint density at radius 2 is 1.45 bits per heavy atom. The van der Waals surface area contributed by atoms with Crippen LogP contribution >= 0.6 is 23.2 Å². The second kappa shape index (κ2) is 9.29. The molecule has 2 aromatic carbocycles. The van der Waals surface area contributed by atoms with Crippen molar-refractivity contribution in [1.82, 2.24) is 9.80 Å². The summed E-state index contributed by atoms with van der Waals surface area (Å²) in [5.41, 5.74) is 0.904. The summed E-state index contributed by atoms with van der Waals surface area (Å²) in [5.74, 6) is -0.423. The summed E-state index contributed by atoms with van der Waals surface area (Å²) in [6, 6.07) is 11.3. The Balaban J connectivity index is 1.67. The first kappa shape index (κ1) is 21.1. The van der Waals surface area contributed by atoms with Crippen molar-refractivity contribution in [3.05, 3.63) is 63.6 Å². The molecule has 0 aliphatic carbocycles. The molecule has 0 radical (unpaired) electrons. The van der Waals surface area contributed by atoms with Crippen LogP contribution in [0.2, 0.25) is 10.0 Å². The van der Waals surface area contributed by atoms with Crippen molar-refractivity contribution < 1.29 is 19.1 Å². The number of esters is 1. The molecular weight excluding hydrogens is 415 g/mol. The number of halogens is 2. The fraction of sp³-hybridized carbons (Fsp3) is 0.286. The molecule has 0 saturated carbocycles. The number of amides is 2. The first-order valence-electron chi connectivity index (χ1n) is 9.17. The number of carbonyl (C=O) groups is 3. The highest BCUT2D eigenvalue weighted by Crippen LogP contribution is 2.24. The van der Waals surface area contributed by atoms with Gasteiger partial charge < -0.3 is 14.5 Å². The van der Waals surface area contributed by atoms with Crippen LogP contribution < -0.4 is 4.74 Å². The molecule has 0 unspecified atom stereocenters. The number of hydrogen-bond acceptors (Lipinski definition) is 4. The summed E-state index contributed by atoms with van der Waals surface area (Å²) in [6.45, 7) is 3.19. The summed E-state index contributed by atoms with van der Waals surface area (Å²) in [4.78, 5) is 40.2. The van der Waals surface area contributed by atoms with Crippen LogP contribution in [-0.2, 0) is 4.79 Å². The largest absolute Gasteiger partial charge is 0.427 e. The molecule has 1 aliphatic heterocycles. The van der Waals surface area contributed by atoms with Gasteiger partial charge in [0.25, 0.3) is 11.8 Å². The minimum absolute atomic E-state index is 0.144. The van der Waals surface area contributed by atoms with E-state index in [9.17, 15) is 14.4 Å². The van der Waals surface area contributed by atoms with Gasteiger partial charge in [-0.15, -0.1) is 0 Å². The molecular formula is C21H20Cl2N2O4. The molecule has 152 valence electrons. The van der Waals surface area contributed by atoms with Crippen molar-refractivity contribution in [2.75, 3.05) is 26.2 Å². The van der Waals surface area contributed by atoms with E-state index in [-0.39, 0.29) is 11.8 Å². The molecule has 2 amide bonds. The van der Waals surface area contributed by atoms with Gasteiger partial charge in [0, 0.05) is 44.2 Å². The third kappa shape index (κ3) is 5.28. The number of ether oxygens (including phenoxy) is 1. The van der Waals surface area contributed by atoms with E-state index in [1.54, 1.807) is 52.3 Å². The lowest BCUT2D eigenvalue weighted by Crippen LogP contribution is -2.37. The predicted molar refractivity (Wildman–Crippen MR) is 111 cm³/mol. The molecule has 8 heteroatoms. The Hall–Kier alpha value is -2.57. The predicted octanol–water partition coefficient (Wildman–Crippen LogP) is 3.91. The Labute approximate surface area is 178 Å². The molecule has 1 heterocycles. The molecule has 0 aromatic heterocycles. The topological polar surface area (TPSA) is 66.9 Å². The minimum atomic E-state index is -0.444. The van der Waals surface area contributed by atoms with E-state index in [2.05, 4.69) is 0 Å². The van der Waals surface area contributed by atoms with Crippen LogP contribution in [0.25, 0.3) is 0 Å². The van der Waals surface area contributed by atoms with Crippen molar-refractivity contribution in [2.24, 2.45) is 0 Å². The quantitative estimate of drug-likeness (QED) is 0.542. The van der Waals surface area contributed by atoms with E-state index >= 15 is 0 Å². The summed E-state index contributed by atoms with van der Waals surface area (Å²) in [7, 11) is 0. The lowest BCUT2D eigenvalue weighted by molar-refractivity contribution is -0.131. The van der Waals surface area contributed by atoms with Crippen LogP contribution in [0.3, 0.4) is 0 Å². The molecule has 0 spiro atoms. The maximum Gasteiger partial charge on any atom is 0.308 e. The summed E-state index contributed by atoms with van der Waals surface area (Å²) in [6.07, 6.45) is 0.655. The molecule has 3 rings (SSSR count). The van der Waals surface area contributed by atoms with Crippen LogP contribution in [-0.4, -0.2) is 53.8 Å². The van der Waals surface area contributed by atoms with E-state index in [0.29, 0.717) is 59.5 Å². The monoisotopic (exact) mass is 434 g/mol. The van der Waals surface area contributed by atoms with Gasteiger partial charge in [-0.3, -0.25) is 14.4 Å². The first-order chi connectivity index (χ1) is 13.8. The van der Waals surface area contributed by atoms with E-state index in [1.807, 2.05) is 0 Å². The van der Waals surface area contributed by atoms with Crippen molar-refractivity contribution in [2.45, 2.75) is 13.3 Å². The number of rotatable bonds is 3. The van der Waals surface area contributed by atoms with Crippen LogP contribution in [0.5, 0.6) is 5.75 Å². The Morgan fingerprint density at radius 1 is 0.828 bits per heavy atom. The van der Waals surface area contributed by atoms with Crippen LogP contribution in [0.1, 0.15) is 34.1 Å². The summed E-state index contributed by atoms with van der Waals surface area (Å²) < 4.78 is 5.05. The molecule has 6 nitrogen and oxygen atoms in total. The van der Waals surface area contributed by atoms with Crippen molar-refractivity contribution in [3.8, 4) is 5.75 Å². The molecule has 1 fully saturated rings.